The van der Waals surface area contributed by atoms with Gasteiger partial charge in [-0.2, -0.15) is 8.75 Å². The average molecular weight is 797 g/mol. The van der Waals surface area contributed by atoms with Crippen LogP contribution >= 0.6 is 11.7 Å². The van der Waals surface area contributed by atoms with Crippen molar-refractivity contribution in [2.75, 3.05) is 27.3 Å². The molecule has 2 fully saturated rings. The van der Waals surface area contributed by atoms with Gasteiger partial charge in [-0.3, -0.25) is 9.59 Å². The number of hydrogen-bond acceptors (Lipinski definition) is 11. The van der Waals surface area contributed by atoms with Crippen LogP contribution in [-0.4, -0.2) is 102 Å². The Balaban J connectivity index is 1.07. The van der Waals surface area contributed by atoms with Crippen molar-refractivity contribution in [3.05, 3.63) is 60.4 Å². The van der Waals surface area contributed by atoms with Crippen molar-refractivity contribution < 1.29 is 28.7 Å². The van der Waals surface area contributed by atoms with E-state index in [1.54, 1.807) is 9.80 Å². The van der Waals surface area contributed by atoms with Crippen molar-refractivity contribution in [1.82, 2.24) is 49.1 Å². The second-order valence-corrected chi connectivity index (χ2v) is 15.7. The highest BCUT2D eigenvalue weighted by Crippen LogP contribution is 2.38. The van der Waals surface area contributed by atoms with Crippen molar-refractivity contribution in [3.8, 4) is 33.6 Å². The van der Waals surface area contributed by atoms with E-state index in [-0.39, 0.29) is 35.7 Å². The zero-order chi connectivity index (χ0) is 40.4. The predicted molar refractivity (Wildman–Crippen MR) is 214 cm³/mol. The van der Waals surface area contributed by atoms with Crippen molar-refractivity contribution in [2.45, 2.75) is 77.5 Å². The fourth-order valence-electron chi connectivity index (χ4n) is 7.81. The number of hydrogen-bond donors (Lipinski definition) is 4. The van der Waals surface area contributed by atoms with E-state index in [9.17, 15) is 19.2 Å². The molecule has 2 aromatic carbocycles. The van der Waals surface area contributed by atoms with Crippen LogP contribution in [0.2, 0.25) is 0 Å². The highest BCUT2D eigenvalue weighted by molar-refractivity contribution is 7.00. The van der Waals surface area contributed by atoms with Gasteiger partial charge in [0.05, 0.1) is 49.4 Å². The van der Waals surface area contributed by atoms with Gasteiger partial charge in [0.1, 0.15) is 34.8 Å². The van der Waals surface area contributed by atoms with Crippen LogP contribution in [0.5, 0.6) is 0 Å². The molecule has 4 N–H and O–H groups in total. The van der Waals surface area contributed by atoms with Crippen LogP contribution in [-0.2, 0) is 19.1 Å². The van der Waals surface area contributed by atoms with Crippen LogP contribution in [0.1, 0.15) is 77.1 Å². The number of fused-ring (bicyclic) bond motifs is 1. The molecule has 3 aromatic heterocycles. The van der Waals surface area contributed by atoms with E-state index in [2.05, 4.69) is 29.3 Å². The molecule has 0 radical (unpaired) electrons. The number of alkyl carbamates (subject to hydrolysis) is 2. The fourth-order valence-corrected chi connectivity index (χ4v) is 8.39. The molecule has 57 heavy (non-hydrogen) atoms. The van der Waals surface area contributed by atoms with E-state index in [1.807, 2.05) is 76.5 Å². The molecule has 16 nitrogen and oxygen atoms in total. The Morgan fingerprint density at radius 1 is 0.684 bits per heavy atom. The average Bonchev–Trinajstić information content (AvgIpc) is 4.07. The number of methoxy groups -OCH3 is 2. The van der Waals surface area contributed by atoms with Gasteiger partial charge in [-0.15, -0.1) is 0 Å². The molecule has 5 heterocycles. The highest BCUT2D eigenvalue weighted by atomic mass is 32.1. The third-order valence-corrected chi connectivity index (χ3v) is 11.4. The summed E-state index contributed by atoms with van der Waals surface area (Å²) >= 11 is 1.14. The number of carbonyl (C=O) groups is 4. The molecule has 300 valence electrons. The molecule has 0 unspecified atom stereocenters. The Morgan fingerprint density at radius 2 is 1.14 bits per heavy atom. The molecule has 2 saturated heterocycles. The maximum Gasteiger partial charge on any atom is 0.407 e. The van der Waals surface area contributed by atoms with Crippen LogP contribution < -0.4 is 10.6 Å². The Labute approximate surface area is 334 Å². The summed E-state index contributed by atoms with van der Waals surface area (Å²) in [6.07, 6.45) is 5.59. The van der Waals surface area contributed by atoms with Gasteiger partial charge in [-0.25, -0.2) is 19.6 Å². The number of ether oxygens (including phenoxy) is 2. The van der Waals surface area contributed by atoms with Gasteiger partial charge in [-0.1, -0.05) is 58.0 Å². The molecule has 5 aromatic rings. The number of carbonyl (C=O) groups excluding carboxylic acids is 4. The van der Waals surface area contributed by atoms with E-state index in [0.29, 0.717) is 30.4 Å². The lowest BCUT2D eigenvalue weighted by Gasteiger charge is -2.29. The quantitative estimate of drug-likeness (QED) is 0.119. The summed E-state index contributed by atoms with van der Waals surface area (Å²) in [5.41, 5.74) is 6.59. The highest BCUT2D eigenvalue weighted by Gasteiger charge is 2.39. The molecule has 0 spiro atoms. The van der Waals surface area contributed by atoms with E-state index in [4.69, 9.17) is 19.4 Å². The van der Waals surface area contributed by atoms with Gasteiger partial charge < -0.3 is 39.9 Å². The third kappa shape index (κ3) is 7.93. The van der Waals surface area contributed by atoms with Crippen LogP contribution in [0.3, 0.4) is 0 Å². The molecule has 0 aliphatic carbocycles. The van der Waals surface area contributed by atoms with Crippen LogP contribution in [0.15, 0.2) is 48.8 Å². The number of amides is 4. The van der Waals surface area contributed by atoms with Crippen molar-refractivity contribution >= 4 is 46.8 Å². The summed E-state index contributed by atoms with van der Waals surface area (Å²) in [5, 5.41) is 5.39. The monoisotopic (exact) mass is 796 g/mol. The van der Waals surface area contributed by atoms with Gasteiger partial charge in [0.2, 0.25) is 11.8 Å². The van der Waals surface area contributed by atoms with Gasteiger partial charge in [0, 0.05) is 42.2 Å². The maximum absolute atomic E-state index is 13.6. The molecular weight excluding hydrogens is 749 g/mol. The fraction of sp³-hybridized carbons (Fsp3) is 0.450. The minimum atomic E-state index is -0.714. The summed E-state index contributed by atoms with van der Waals surface area (Å²) in [6.45, 7) is 8.72. The third-order valence-electron chi connectivity index (χ3n) is 10.9. The normalized spacial score (nSPS) is 18.0. The molecule has 7 rings (SSSR count). The Hall–Kier alpha value is -5.84. The topological polar surface area (TPSA) is 200 Å². The first-order valence-corrected chi connectivity index (χ1v) is 20.0. The minimum absolute atomic E-state index is 0.117. The number of nitrogens with zero attached hydrogens (tertiary/aromatic N) is 6. The predicted octanol–water partition coefficient (Wildman–Crippen LogP) is 6.23. The molecule has 17 heteroatoms. The van der Waals surface area contributed by atoms with Crippen molar-refractivity contribution in [1.29, 1.82) is 0 Å². The second-order valence-electron chi connectivity index (χ2n) is 15.1. The van der Waals surface area contributed by atoms with E-state index in [1.165, 1.54) is 14.2 Å². The van der Waals surface area contributed by atoms with Gasteiger partial charge in [0.25, 0.3) is 0 Å². The van der Waals surface area contributed by atoms with Crippen molar-refractivity contribution in [2.24, 2.45) is 11.8 Å². The van der Waals surface area contributed by atoms with Gasteiger partial charge in [-0.05, 0) is 49.1 Å². The molecule has 4 amide bonds. The second kappa shape index (κ2) is 16.7. The smallest absolute Gasteiger partial charge is 0.407 e. The zero-order valence-corrected chi connectivity index (χ0v) is 33.7. The Morgan fingerprint density at radius 3 is 1.65 bits per heavy atom. The number of rotatable bonds is 11. The van der Waals surface area contributed by atoms with E-state index < -0.39 is 24.3 Å². The lowest BCUT2D eigenvalue weighted by atomic mass is 9.99. The number of likely N-dealkylation sites (tertiary alicyclic amines) is 2. The van der Waals surface area contributed by atoms with Crippen LogP contribution in [0, 0.1) is 11.8 Å². The summed E-state index contributed by atoms with van der Waals surface area (Å²) in [5.74, 6) is 0.822. The molecule has 0 saturated carbocycles. The number of aromatic amines is 2. The number of benzene rings is 2. The number of nitrogens with one attached hydrogen (secondary N) is 4. The van der Waals surface area contributed by atoms with Crippen LogP contribution in [0.25, 0.3) is 44.7 Å². The molecule has 2 aliphatic heterocycles. The van der Waals surface area contributed by atoms with Crippen molar-refractivity contribution in [3.63, 3.8) is 0 Å². The minimum Gasteiger partial charge on any atom is -0.453 e. The van der Waals surface area contributed by atoms with E-state index >= 15 is 0 Å². The largest absolute Gasteiger partial charge is 0.453 e. The molecule has 2 aliphatic rings. The summed E-state index contributed by atoms with van der Waals surface area (Å²) < 4.78 is 18.9. The standard InChI is InChI=1S/C40H48N10O6S/c1-21(2)31(45-39(53)55-5)37(51)49-17-7-9-29(49)35-41-19-27(43-35)24-13-11-23(12-14-24)25-15-16-26(34-33(25)47-57-48-34)28-20-42-36(44-28)30-10-8-18-50(30)38(52)32(22(3)4)46-40(54)56-6/h11-16,19-22,29-32H,7-10,17-18H2,1-6H3,(H,41,43)(H,42,44)(H,45,53)(H,46,54)/t29-,30-,31-,32-/m0/s1. The van der Waals surface area contributed by atoms with Gasteiger partial charge >= 0.3 is 12.2 Å². The Bertz CT molecular complexity index is 2250. The first-order valence-electron chi connectivity index (χ1n) is 19.3. The summed E-state index contributed by atoms with van der Waals surface area (Å²) in [6, 6.07) is 10.2. The Kier molecular flexibility index (Phi) is 11.6. The molecule has 0 bridgehead atoms. The maximum atomic E-state index is 13.6. The summed E-state index contributed by atoms with van der Waals surface area (Å²) in [7, 11) is 2.57. The lowest BCUT2D eigenvalue weighted by molar-refractivity contribution is -0.136. The lowest BCUT2D eigenvalue weighted by Crippen LogP contribution is -2.51. The first kappa shape index (κ1) is 39.4. The number of imidazole rings is 2. The van der Waals surface area contributed by atoms with Gasteiger partial charge in [0.15, 0.2) is 0 Å². The summed E-state index contributed by atoms with van der Waals surface area (Å²) in [4.78, 5) is 71.3. The number of aromatic nitrogens is 6. The van der Waals surface area contributed by atoms with Crippen LogP contribution in [0.4, 0.5) is 9.59 Å². The zero-order valence-electron chi connectivity index (χ0n) is 32.9. The van der Waals surface area contributed by atoms with E-state index in [0.717, 1.165) is 76.4 Å². The SMILES string of the molecule is COC(=O)N[C@H](C(=O)N1CCC[C@H]1c1nc(-c2ccc(-c3ccc(-c4c[nH]c([C@@H]5CCCN5C(=O)[C@@H](NC(=O)OC)C(C)C)n4)c4nsnc34)cc2)c[nH]1)C(C)C. The first-order chi connectivity index (χ1) is 27.5. The molecule has 4 atom stereocenters. The number of H-pyrrole nitrogens is 2. The molecular formula is C40H48N10O6S.